The third kappa shape index (κ3) is 3.51. The summed E-state index contributed by atoms with van der Waals surface area (Å²) in [5, 5.41) is 12.0. The molecule has 0 radical (unpaired) electrons. The van der Waals surface area contributed by atoms with Crippen LogP contribution in [0.3, 0.4) is 0 Å². The molecule has 0 bridgehead atoms. The van der Waals surface area contributed by atoms with Crippen molar-refractivity contribution in [3.63, 3.8) is 0 Å². The third-order valence-electron chi connectivity index (χ3n) is 7.05. The van der Waals surface area contributed by atoms with Crippen molar-refractivity contribution in [3.8, 4) is 5.75 Å². The number of rotatable bonds is 4. The van der Waals surface area contributed by atoms with Crippen LogP contribution in [0.25, 0.3) is 10.9 Å². The number of aromatic hydroxyl groups is 1. The number of aryl methyl sites for hydroxylation is 1. The number of nitrogens with two attached hydrogens (primary N) is 1. The van der Waals surface area contributed by atoms with E-state index in [0.29, 0.717) is 18.2 Å². The zero-order valence-corrected chi connectivity index (χ0v) is 17.6. The van der Waals surface area contributed by atoms with E-state index in [2.05, 4.69) is 46.4 Å². The number of likely N-dealkylation sites (tertiary alicyclic amines) is 1. The molecule has 0 amide bonds. The van der Waals surface area contributed by atoms with Crippen LogP contribution < -0.4 is 5.73 Å². The minimum Gasteiger partial charge on any atom is -0.507 e. The summed E-state index contributed by atoms with van der Waals surface area (Å²) in [4.78, 5) is 5.93. The molecule has 5 rings (SSSR count). The van der Waals surface area contributed by atoms with Gasteiger partial charge in [0, 0.05) is 42.2 Å². The maximum absolute atomic E-state index is 10.6. The second kappa shape index (κ2) is 8.06. The Kier molecular flexibility index (Phi) is 5.27. The molecule has 2 aromatic carbocycles. The third-order valence-corrected chi connectivity index (χ3v) is 7.05. The molecule has 0 unspecified atom stereocenters. The molecule has 1 aromatic heterocycles. The number of benzene rings is 2. The van der Waals surface area contributed by atoms with Crippen LogP contribution in [0, 0.1) is 12.8 Å². The fraction of sp³-hybridized carbons (Fsp3) is 0.440. The van der Waals surface area contributed by atoms with E-state index in [0.717, 1.165) is 55.6 Å². The number of aromatic nitrogens is 1. The van der Waals surface area contributed by atoms with E-state index in [1.807, 2.05) is 13.0 Å². The summed E-state index contributed by atoms with van der Waals surface area (Å²) in [5.74, 6) is 0.933. The van der Waals surface area contributed by atoms with Gasteiger partial charge in [0.1, 0.15) is 5.75 Å². The molecule has 1 fully saturated rings. The lowest BCUT2D eigenvalue weighted by atomic mass is 9.83. The van der Waals surface area contributed by atoms with Crippen molar-refractivity contribution in [2.24, 2.45) is 11.7 Å². The normalized spacial score (nSPS) is 23.0. The van der Waals surface area contributed by atoms with Gasteiger partial charge in [-0.05, 0) is 61.5 Å². The number of para-hydroxylation sites is 1. The number of phenols is 1. The highest BCUT2D eigenvalue weighted by Gasteiger charge is 2.35. The van der Waals surface area contributed by atoms with Crippen LogP contribution in [0.2, 0.25) is 0 Å². The Hall–Kier alpha value is -2.34. The number of fused-ring (bicyclic) bond motifs is 2. The molecule has 0 saturated carbocycles. The first-order valence-corrected chi connectivity index (χ1v) is 11.1. The van der Waals surface area contributed by atoms with E-state index in [-0.39, 0.29) is 12.2 Å². The van der Waals surface area contributed by atoms with Crippen LogP contribution in [0.5, 0.6) is 5.75 Å². The fourth-order valence-electron chi connectivity index (χ4n) is 5.27. The second-order valence-corrected chi connectivity index (χ2v) is 8.87. The lowest BCUT2D eigenvalue weighted by Gasteiger charge is -2.40. The van der Waals surface area contributed by atoms with Crippen LogP contribution in [-0.2, 0) is 17.7 Å². The molecule has 158 valence electrons. The van der Waals surface area contributed by atoms with Gasteiger partial charge in [-0.1, -0.05) is 30.3 Å². The van der Waals surface area contributed by atoms with Gasteiger partial charge in [0.05, 0.1) is 12.2 Å². The van der Waals surface area contributed by atoms with E-state index in [4.69, 9.17) is 10.5 Å². The molecule has 3 aromatic rings. The predicted molar refractivity (Wildman–Crippen MR) is 120 cm³/mol. The molecule has 2 aliphatic rings. The molecular formula is C25H31N3O2. The number of piperidine rings is 1. The SMILES string of the molecule is Cc1ccc2c(c1O)C[C@@H](C1CCN(Cc3c[nH]c4ccccc34)CC1)O[C@H]2CN. The van der Waals surface area contributed by atoms with Crippen molar-refractivity contribution < 1.29 is 9.84 Å². The molecular weight excluding hydrogens is 374 g/mol. The number of phenolic OH excluding ortho intramolecular Hbond substituents is 1. The maximum atomic E-state index is 10.6. The number of nitrogens with zero attached hydrogens (tertiary/aromatic N) is 1. The number of ether oxygens (including phenoxy) is 1. The molecule has 5 nitrogen and oxygen atoms in total. The minimum atomic E-state index is -0.116. The lowest BCUT2D eigenvalue weighted by Crippen LogP contribution is -2.41. The van der Waals surface area contributed by atoms with E-state index in [9.17, 15) is 5.11 Å². The zero-order chi connectivity index (χ0) is 20.7. The van der Waals surface area contributed by atoms with Gasteiger partial charge in [0.2, 0.25) is 0 Å². The number of aromatic amines is 1. The molecule has 30 heavy (non-hydrogen) atoms. The number of hydrogen-bond donors (Lipinski definition) is 3. The molecule has 1 saturated heterocycles. The largest absolute Gasteiger partial charge is 0.507 e. The monoisotopic (exact) mass is 405 g/mol. The Morgan fingerprint density at radius 3 is 2.77 bits per heavy atom. The van der Waals surface area contributed by atoms with E-state index < -0.39 is 0 Å². The van der Waals surface area contributed by atoms with Gasteiger partial charge < -0.3 is 20.6 Å². The first-order chi connectivity index (χ1) is 14.6. The fourth-order valence-corrected chi connectivity index (χ4v) is 5.27. The van der Waals surface area contributed by atoms with Gasteiger partial charge in [-0.15, -0.1) is 0 Å². The van der Waals surface area contributed by atoms with Gasteiger partial charge >= 0.3 is 0 Å². The summed E-state index contributed by atoms with van der Waals surface area (Å²) in [7, 11) is 0. The van der Waals surface area contributed by atoms with Crippen molar-refractivity contribution in [1.29, 1.82) is 0 Å². The van der Waals surface area contributed by atoms with Crippen LogP contribution >= 0.6 is 0 Å². The molecule has 0 spiro atoms. The van der Waals surface area contributed by atoms with Crippen molar-refractivity contribution in [3.05, 3.63) is 64.8 Å². The summed E-state index contributed by atoms with van der Waals surface area (Å²) in [6, 6.07) is 12.5. The highest BCUT2D eigenvalue weighted by atomic mass is 16.5. The van der Waals surface area contributed by atoms with Gasteiger partial charge in [-0.2, -0.15) is 0 Å². The molecule has 3 heterocycles. The van der Waals surface area contributed by atoms with Gasteiger partial charge in [0.15, 0.2) is 0 Å². The van der Waals surface area contributed by atoms with Crippen molar-refractivity contribution in [2.75, 3.05) is 19.6 Å². The number of hydrogen-bond acceptors (Lipinski definition) is 4. The van der Waals surface area contributed by atoms with Gasteiger partial charge in [-0.3, -0.25) is 4.90 Å². The number of nitrogens with one attached hydrogen (secondary N) is 1. The van der Waals surface area contributed by atoms with Crippen LogP contribution in [0.15, 0.2) is 42.6 Å². The Balaban J connectivity index is 1.26. The van der Waals surface area contributed by atoms with E-state index >= 15 is 0 Å². The summed E-state index contributed by atoms with van der Waals surface area (Å²) in [5.41, 5.74) is 11.6. The predicted octanol–water partition coefficient (Wildman–Crippen LogP) is 4.04. The maximum Gasteiger partial charge on any atom is 0.122 e. The summed E-state index contributed by atoms with van der Waals surface area (Å²) in [6.45, 7) is 5.54. The highest BCUT2D eigenvalue weighted by Crippen LogP contribution is 2.40. The first kappa shape index (κ1) is 19.6. The average Bonchev–Trinajstić information content (AvgIpc) is 3.19. The van der Waals surface area contributed by atoms with E-state index in [1.165, 1.54) is 16.5 Å². The van der Waals surface area contributed by atoms with Crippen LogP contribution in [-0.4, -0.2) is 40.7 Å². The van der Waals surface area contributed by atoms with Crippen LogP contribution in [0.1, 0.15) is 41.2 Å². The average molecular weight is 406 g/mol. The van der Waals surface area contributed by atoms with E-state index in [1.54, 1.807) is 0 Å². The van der Waals surface area contributed by atoms with Gasteiger partial charge in [-0.25, -0.2) is 0 Å². The van der Waals surface area contributed by atoms with Gasteiger partial charge in [0.25, 0.3) is 0 Å². The summed E-state index contributed by atoms with van der Waals surface area (Å²) >= 11 is 0. The smallest absolute Gasteiger partial charge is 0.122 e. The molecule has 4 N–H and O–H groups in total. The van der Waals surface area contributed by atoms with Crippen molar-refractivity contribution in [1.82, 2.24) is 9.88 Å². The highest BCUT2D eigenvalue weighted by molar-refractivity contribution is 5.82. The molecule has 2 atom stereocenters. The Morgan fingerprint density at radius 2 is 1.97 bits per heavy atom. The molecule has 0 aliphatic carbocycles. The zero-order valence-electron chi connectivity index (χ0n) is 17.6. The quantitative estimate of drug-likeness (QED) is 0.613. The Labute approximate surface area is 177 Å². The summed E-state index contributed by atoms with van der Waals surface area (Å²) in [6.07, 6.45) is 5.18. The Bertz CT molecular complexity index is 1040. The topological polar surface area (TPSA) is 74.5 Å². The summed E-state index contributed by atoms with van der Waals surface area (Å²) < 4.78 is 6.44. The molecule has 2 aliphatic heterocycles. The Morgan fingerprint density at radius 1 is 1.17 bits per heavy atom. The lowest BCUT2D eigenvalue weighted by molar-refractivity contribution is -0.0651. The van der Waals surface area contributed by atoms with Crippen LogP contribution in [0.4, 0.5) is 0 Å². The standard InChI is InChI=1S/C25H31N3O2/c1-16-6-7-20-21(25(16)29)12-23(30-24(20)13-26)17-8-10-28(11-9-17)15-18-14-27-22-5-3-2-4-19(18)22/h2-7,14,17,23-24,27,29H,8-13,15,26H2,1H3/t23-,24-/m0/s1. The first-order valence-electron chi connectivity index (χ1n) is 11.1. The van der Waals surface area contributed by atoms with Crippen molar-refractivity contribution >= 4 is 10.9 Å². The number of H-pyrrole nitrogens is 1. The second-order valence-electron chi connectivity index (χ2n) is 8.87. The molecule has 5 heteroatoms. The minimum absolute atomic E-state index is 0.116. The van der Waals surface area contributed by atoms with Crippen molar-refractivity contribution in [2.45, 2.75) is 44.9 Å².